The molecule has 36 heavy (non-hydrogen) atoms. The van der Waals surface area contributed by atoms with E-state index in [-0.39, 0.29) is 45.8 Å². The average molecular weight is 499 g/mol. The SMILES string of the molecule is CC(=O)O[C@@H]1CC[C@@H]2[C@](C)(CC[C@H]3[C@@]2(C)C[C@H]2OC(=O)[C@@]34CC[C@@]3(C)CCC(C)(C)C[C@@H]3[C@]24C)[C@H]1C. The summed E-state index contributed by atoms with van der Waals surface area (Å²) >= 11 is 0. The molecule has 1 heterocycles. The molecule has 5 aliphatic carbocycles. The molecule has 0 aromatic carbocycles. The lowest BCUT2D eigenvalue weighted by molar-refractivity contribution is -0.257. The van der Waals surface area contributed by atoms with Crippen LogP contribution in [0.15, 0.2) is 0 Å². The molecular formula is C32H50O4. The van der Waals surface area contributed by atoms with Gasteiger partial charge in [0.05, 0.1) is 5.41 Å². The first-order chi connectivity index (χ1) is 16.6. The molecule has 1 aliphatic heterocycles. The average Bonchev–Trinajstić information content (AvgIpc) is 2.92. The Hall–Kier alpha value is -1.06. The third kappa shape index (κ3) is 2.83. The van der Waals surface area contributed by atoms with Crippen LogP contribution in [0.4, 0.5) is 0 Å². The van der Waals surface area contributed by atoms with Crippen LogP contribution in [0.25, 0.3) is 0 Å². The van der Waals surface area contributed by atoms with Crippen molar-refractivity contribution in [2.45, 2.75) is 132 Å². The van der Waals surface area contributed by atoms with Gasteiger partial charge in [-0.1, -0.05) is 48.5 Å². The molecule has 0 unspecified atom stereocenters. The van der Waals surface area contributed by atoms with Crippen molar-refractivity contribution >= 4 is 11.9 Å². The highest BCUT2D eigenvalue weighted by molar-refractivity contribution is 5.82. The van der Waals surface area contributed by atoms with Gasteiger partial charge in [0.2, 0.25) is 0 Å². The predicted octanol–water partition coefficient (Wildman–Crippen LogP) is 7.34. The Bertz CT molecular complexity index is 987. The molecule has 4 nitrogen and oxygen atoms in total. The summed E-state index contributed by atoms with van der Waals surface area (Å²) in [6.07, 6.45) is 11.3. The van der Waals surface area contributed by atoms with Crippen LogP contribution in [-0.4, -0.2) is 24.1 Å². The van der Waals surface area contributed by atoms with Crippen LogP contribution < -0.4 is 0 Å². The predicted molar refractivity (Wildman–Crippen MR) is 140 cm³/mol. The Morgan fingerprint density at radius 2 is 1.53 bits per heavy atom. The Balaban J connectivity index is 1.42. The first-order valence-corrected chi connectivity index (χ1v) is 15.0. The van der Waals surface area contributed by atoms with Crippen molar-refractivity contribution in [2.75, 3.05) is 0 Å². The van der Waals surface area contributed by atoms with Crippen LogP contribution >= 0.6 is 0 Å². The van der Waals surface area contributed by atoms with Gasteiger partial charge in [0.25, 0.3) is 0 Å². The Morgan fingerprint density at radius 1 is 0.833 bits per heavy atom. The zero-order valence-corrected chi connectivity index (χ0v) is 24.2. The molecule has 0 aromatic rings. The van der Waals surface area contributed by atoms with Crippen molar-refractivity contribution in [1.29, 1.82) is 0 Å². The van der Waals surface area contributed by atoms with E-state index in [4.69, 9.17) is 9.47 Å². The van der Waals surface area contributed by atoms with E-state index >= 15 is 0 Å². The number of carbonyl (C=O) groups is 2. The van der Waals surface area contributed by atoms with Crippen LogP contribution in [0, 0.1) is 56.2 Å². The maximum Gasteiger partial charge on any atom is 0.313 e. The molecule has 6 fully saturated rings. The molecule has 4 heteroatoms. The maximum atomic E-state index is 14.2. The summed E-state index contributed by atoms with van der Waals surface area (Å²) < 4.78 is 12.4. The molecule has 2 bridgehead atoms. The number of rotatable bonds is 1. The van der Waals surface area contributed by atoms with Gasteiger partial charge >= 0.3 is 11.9 Å². The molecule has 0 radical (unpaired) electrons. The molecule has 11 atom stereocenters. The monoisotopic (exact) mass is 498 g/mol. The molecule has 202 valence electrons. The molecule has 6 rings (SSSR count). The fourth-order valence-electron chi connectivity index (χ4n) is 12.2. The van der Waals surface area contributed by atoms with Crippen LogP contribution in [0.3, 0.4) is 0 Å². The van der Waals surface area contributed by atoms with E-state index < -0.39 is 0 Å². The first-order valence-electron chi connectivity index (χ1n) is 15.0. The van der Waals surface area contributed by atoms with E-state index in [9.17, 15) is 9.59 Å². The van der Waals surface area contributed by atoms with Crippen LogP contribution in [0.1, 0.15) is 120 Å². The summed E-state index contributed by atoms with van der Waals surface area (Å²) in [7, 11) is 0. The zero-order chi connectivity index (χ0) is 26.1. The van der Waals surface area contributed by atoms with Crippen molar-refractivity contribution in [3.8, 4) is 0 Å². The van der Waals surface area contributed by atoms with Gasteiger partial charge in [0, 0.05) is 12.3 Å². The summed E-state index contributed by atoms with van der Waals surface area (Å²) in [5.74, 6) is 1.83. The van der Waals surface area contributed by atoms with Gasteiger partial charge in [-0.15, -0.1) is 0 Å². The number of esters is 2. The van der Waals surface area contributed by atoms with E-state index in [0.717, 1.165) is 38.5 Å². The number of fused-ring (bicyclic) bond motifs is 4. The quantitative estimate of drug-likeness (QED) is 0.355. The molecule has 0 spiro atoms. The minimum absolute atomic E-state index is 0.0189. The van der Waals surface area contributed by atoms with Gasteiger partial charge < -0.3 is 9.47 Å². The third-order valence-corrected chi connectivity index (χ3v) is 14.3. The smallest absolute Gasteiger partial charge is 0.313 e. The minimum Gasteiger partial charge on any atom is -0.462 e. The number of hydrogen-bond acceptors (Lipinski definition) is 4. The second-order valence-electron chi connectivity index (χ2n) is 16.1. The zero-order valence-electron chi connectivity index (χ0n) is 24.2. The normalized spacial score (nSPS) is 56.9. The van der Waals surface area contributed by atoms with Crippen molar-refractivity contribution in [3.63, 3.8) is 0 Å². The molecule has 0 N–H and O–H groups in total. The number of carbonyl (C=O) groups excluding carboxylic acids is 2. The molecular weight excluding hydrogens is 448 g/mol. The van der Waals surface area contributed by atoms with Crippen LogP contribution in [-0.2, 0) is 19.1 Å². The minimum atomic E-state index is -0.334. The molecule has 0 aromatic heterocycles. The van der Waals surface area contributed by atoms with Crippen molar-refractivity contribution < 1.29 is 19.1 Å². The maximum absolute atomic E-state index is 14.2. The second kappa shape index (κ2) is 7.32. The van der Waals surface area contributed by atoms with E-state index in [2.05, 4.69) is 48.5 Å². The highest BCUT2D eigenvalue weighted by atomic mass is 16.6. The summed E-state index contributed by atoms with van der Waals surface area (Å²) in [5, 5.41) is 0. The van der Waals surface area contributed by atoms with Gasteiger partial charge in [-0.3, -0.25) is 9.59 Å². The molecule has 0 amide bonds. The second-order valence-corrected chi connectivity index (χ2v) is 16.1. The van der Waals surface area contributed by atoms with Crippen molar-refractivity contribution in [3.05, 3.63) is 0 Å². The summed E-state index contributed by atoms with van der Waals surface area (Å²) in [5.41, 5.74) is 0.494. The Labute approximate surface area is 219 Å². The fourth-order valence-corrected chi connectivity index (χ4v) is 12.2. The largest absolute Gasteiger partial charge is 0.462 e. The lowest BCUT2D eigenvalue weighted by atomic mass is 9.30. The van der Waals surface area contributed by atoms with Crippen LogP contribution in [0.2, 0.25) is 0 Å². The lowest BCUT2D eigenvalue weighted by Crippen LogP contribution is -2.70. The molecule has 5 saturated carbocycles. The summed E-state index contributed by atoms with van der Waals surface area (Å²) in [4.78, 5) is 26.0. The molecule has 6 aliphatic rings. The topological polar surface area (TPSA) is 52.6 Å². The standard InChI is InChI=1S/C32H50O4/c1-19-21(35-20(2)33)9-10-22-29(19,6)12-11-23-30(22,7)18-25-31(8)24-17-27(3,4)13-14-28(24,5)15-16-32(23,31)26(34)36-25/h19,21-25H,9-18H2,1-8H3/t19-,21+,22+,23-,24-,25+,28+,29+,30-,31+,32+/m0/s1. The highest BCUT2D eigenvalue weighted by Gasteiger charge is 2.81. The van der Waals surface area contributed by atoms with Gasteiger partial charge in [0.1, 0.15) is 12.2 Å². The Morgan fingerprint density at radius 3 is 2.22 bits per heavy atom. The summed E-state index contributed by atoms with van der Waals surface area (Å²) in [6.45, 7) is 18.8. The number of hydrogen-bond donors (Lipinski definition) is 0. The Kier molecular flexibility index (Phi) is 5.13. The first kappa shape index (κ1) is 25.2. The van der Waals surface area contributed by atoms with E-state index in [1.54, 1.807) is 6.92 Å². The third-order valence-electron chi connectivity index (χ3n) is 14.3. The van der Waals surface area contributed by atoms with E-state index in [1.807, 2.05) is 0 Å². The highest BCUT2D eigenvalue weighted by Crippen LogP contribution is 2.81. The van der Waals surface area contributed by atoms with Crippen molar-refractivity contribution in [2.24, 2.45) is 56.2 Å². The van der Waals surface area contributed by atoms with Gasteiger partial charge in [-0.05, 0) is 110 Å². The van der Waals surface area contributed by atoms with Gasteiger partial charge in [-0.2, -0.15) is 0 Å². The summed E-state index contributed by atoms with van der Waals surface area (Å²) in [6, 6.07) is 0. The molecule has 1 saturated heterocycles. The lowest BCUT2D eigenvalue weighted by Gasteiger charge is -2.72. The van der Waals surface area contributed by atoms with Gasteiger partial charge in [0.15, 0.2) is 0 Å². The van der Waals surface area contributed by atoms with Crippen molar-refractivity contribution in [1.82, 2.24) is 0 Å². The van der Waals surface area contributed by atoms with E-state index in [1.165, 1.54) is 25.7 Å². The van der Waals surface area contributed by atoms with Gasteiger partial charge in [-0.25, -0.2) is 0 Å². The van der Waals surface area contributed by atoms with Crippen LogP contribution in [0.5, 0.6) is 0 Å². The van der Waals surface area contributed by atoms with E-state index in [0.29, 0.717) is 34.5 Å². The fraction of sp³-hybridized carbons (Fsp3) is 0.938. The number of ether oxygens (including phenoxy) is 2.